The van der Waals surface area contributed by atoms with Crippen molar-refractivity contribution in [2.45, 2.75) is 19.9 Å². The fourth-order valence-corrected chi connectivity index (χ4v) is 2.81. The van der Waals surface area contributed by atoms with Gasteiger partial charge in [-0.3, -0.25) is 0 Å². The van der Waals surface area contributed by atoms with Gasteiger partial charge in [-0.25, -0.2) is 4.98 Å². The van der Waals surface area contributed by atoms with E-state index in [0.717, 1.165) is 24.3 Å². The summed E-state index contributed by atoms with van der Waals surface area (Å²) in [6.07, 6.45) is 0.865. The Morgan fingerprint density at radius 3 is 2.67 bits per heavy atom. The molecule has 0 atom stereocenters. The van der Waals surface area contributed by atoms with Crippen molar-refractivity contribution in [3.8, 4) is 0 Å². The summed E-state index contributed by atoms with van der Waals surface area (Å²) < 4.78 is 2.20. The number of nitrogens with one attached hydrogen (secondary N) is 1. The normalized spacial score (nSPS) is 11.2. The average molecular weight is 279 g/mol. The quantitative estimate of drug-likeness (QED) is 0.795. The van der Waals surface area contributed by atoms with Crippen LogP contribution in [0.25, 0.3) is 11.0 Å². The highest BCUT2D eigenvalue weighted by Crippen LogP contribution is 2.20. The van der Waals surface area contributed by atoms with Crippen molar-refractivity contribution < 1.29 is 0 Å². The van der Waals surface area contributed by atoms with Crippen LogP contribution < -0.4 is 5.32 Å². The molecule has 21 heavy (non-hydrogen) atoms. The molecule has 0 bridgehead atoms. The Morgan fingerprint density at radius 2 is 1.90 bits per heavy atom. The van der Waals surface area contributed by atoms with Gasteiger partial charge in [0.25, 0.3) is 0 Å². The number of rotatable bonds is 4. The predicted molar refractivity (Wildman–Crippen MR) is 87.5 cm³/mol. The lowest BCUT2D eigenvalue weighted by atomic mass is 10.0. The number of hydrogen-bond acceptors (Lipinski definition) is 2. The Kier molecular flexibility index (Phi) is 3.76. The summed E-state index contributed by atoms with van der Waals surface area (Å²) in [6, 6.07) is 15.0. The van der Waals surface area contributed by atoms with Gasteiger partial charge in [-0.05, 0) is 37.2 Å². The monoisotopic (exact) mass is 279 g/mol. The number of hydrogen-bond donors (Lipinski definition) is 1. The average Bonchev–Trinajstić information content (AvgIpc) is 2.79. The Bertz CT molecular complexity index is 771. The third kappa shape index (κ3) is 2.69. The molecule has 0 saturated heterocycles. The smallest absolute Gasteiger partial charge is 0.114 e. The summed E-state index contributed by atoms with van der Waals surface area (Å²) in [5.74, 6) is 1.11. The van der Waals surface area contributed by atoms with Gasteiger partial charge in [-0.2, -0.15) is 0 Å². The van der Waals surface area contributed by atoms with Crippen LogP contribution in [0.4, 0.5) is 0 Å². The van der Waals surface area contributed by atoms with Crippen molar-refractivity contribution >= 4 is 11.0 Å². The van der Waals surface area contributed by atoms with Crippen LogP contribution in [0.15, 0.2) is 42.5 Å². The zero-order valence-corrected chi connectivity index (χ0v) is 12.9. The van der Waals surface area contributed by atoms with Crippen LogP contribution in [-0.4, -0.2) is 16.6 Å². The minimum absolute atomic E-state index is 0.865. The van der Waals surface area contributed by atoms with Crippen LogP contribution in [0.5, 0.6) is 0 Å². The van der Waals surface area contributed by atoms with E-state index in [4.69, 9.17) is 4.98 Å². The van der Waals surface area contributed by atoms with Gasteiger partial charge >= 0.3 is 0 Å². The maximum absolute atomic E-state index is 4.78. The molecule has 0 radical (unpaired) electrons. The number of fused-ring (bicyclic) bond motifs is 1. The number of para-hydroxylation sites is 2. The van der Waals surface area contributed by atoms with Gasteiger partial charge in [-0.1, -0.05) is 35.9 Å². The molecule has 0 spiro atoms. The Balaban J connectivity index is 2.02. The summed E-state index contributed by atoms with van der Waals surface area (Å²) in [5.41, 5.74) is 6.25. The van der Waals surface area contributed by atoms with E-state index in [2.05, 4.69) is 60.3 Å². The Morgan fingerprint density at radius 1 is 1.10 bits per heavy atom. The Labute approximate surface area is 125 Å². The second-order valence-corrected chi connectivity index (χ2v) is 5.56. The molecule has 0 aliphatic carbocycles. The van der Waals surface area contributed by atoms with E-state index in [9.17, 15) is 0 Å². The van der Waals surface area contributed by atoms with E-state index in [1.165, 1.54) is 22.2 Å². The minimum atomic E-state index is 0.865. The molecule has 3 heteroatoms. The molecule has 0 saturated carbocycles. The highest BCUT2D eigenvalue weighted by Gasteiger charge is 2.10. The molecule has 0 aliphatic rings. The number of imidazole rings is 1. The lowest BCUT2D eigenvalue weighted by Crippen LogP contribution is -2.09. The molecule has 0 amide bonds. The van der Waals surface area contributed by atoms with E-state index in [1.54, 1.807) is 0 Å². The van der Waals surface area contributed by atoms with Gasteiger partial charge < -0.3 is 9.88 Å². The van der Waals surface area contributed by atoms with Gasteiger partial charge in [0.1, 0.15) is 5.82 Å². The molecule has 1 aromatic heterocycles. The van der Waals surface area contributed by atoms with Crippen molar-refractivity contribution in [3.05, 3.63) is 65.0 Å². The fourth-order valence-electron chi connectivity index (χ4n) is 2.81. The van der Waals surface area contributed by atoms with E-state index >= 15 is 0 Å². The molecular weight excluding hydrogens is 258 g/mol. The molecule has 1 heterocycles. The molecule has 3 nitrogen and oxygen atoms in total. The van der Waals surface area contributed by atoms with E-state index in [-0.39, 0.29) is 0 Å². The molecule has 0 aliphatic heterocycles. The van der Waals surface area contributed by atoms with Crippen LogP contribution in [0.3, 0.4) is 0 Å². The van der Waals surface area contributed by atoms with Crippen LogP contribution in [-0.2, 0) is 20.0 Å². The number of aryl methyl sites for hydroxylation is 2. The van der Waals surface area contributed by atoms with Crippen molar-refractivity contribution in [2.24, 2.45) is 7.05 Å². The first-order chi connectivity index (χ1) is 10.2. The summed E-state index contributed by atoms with van der Waals surface area (Å²) >= 11 is 0. The lowest BCUT2D eigenvalue weighted by Gasteiger charge is -2.10. The Hall–Kier alpha value is -2.13. The second-order valence-electron chi connectivity index (χ2n) is 5.56. The van der Waals surface area contributed by atoms with Gasteiger partial charge in [0.2, 0.25) is 0 Å². The van der Waals surface area contributed by atoms with Crippen LogP contribution in [0.2, 0.25) is 0 Å². The van der Waals surface area contributed by atoms with Crippen molar-refractivity contribution in [2.75, 3.05) is 7.05 Å². The van der Waals surface area contributed by atoms with Crippen LogP contribution in [0.1, 0.15) is 22.5 Å². The minimum Gasteiger partial charge on any atom is -0.331 e. The second kappa shape index (κ2) is 5.70. The van der Waals surface area contributed by atoms with Gasteiger partial charge in [0.15, 0.2) is 0 Å². The van der Waals surface area contributed by atoms with E-state index < -0.39 is 0 Å². The highest BCUT2D eigenvalue weighted by molar-refractivity contribution is 5.75. The molecule has 2 aromatic carbocycles. The van der Waals surface area contributed by atoms with Gasteiger partial charge in [-0.15, -0.1) is 0 Å². The summed E-state index contributed by atoms with van der Waals surface area (Å²) in [5, 5.41) is 3.24. The standard InChI is InChI=1S/C18H21N3/c1-13-8-9-14(12-19-2)15(10-13)11-18-20-16-6-4-5-7-17(16)21(18)3/h4-10,19H,11-12H2,1-3H3. The van der Waals surface area contributed by atoms with Crippen LogP contribution in [0, 0.1) is 6.92 Å². The van der Waals surface area contributed by atoms with E-state index in [1.807, 2.05) is 13.1 Å². The fraction of sp³-hybridized carbons (Fsp3) is 0.278. The first kappa shape index (κ1) is 13.8. The topological polar surface area (TPSA) is 29.9 Å². The molecule has 1 N–H and O–H groups in total. The van der Waals surface area contributed by atoms with Crippen LogP contribution >= 0.6 is 0 Å². The molecule has 0 fully saturated rings. The zero-order valence-electron chi connectivity index (χ0n) is 12.9. The van der Waals surface area contributed by atoms with Gasteiger partial charge in [0, 0.05) is 20.0 Å². The predicted octanol–water partition coefficient (Wildman–Crippen LogP) is 3.19. The third-order valence-electron chi connectivity index (χ3n) is 3.96. The summed E-state index contributed by atoms with van der Waals surface area (Å²) in [7, 11) is 4.08. The maximum Gasteiger partial charge on any atom is 0.114 e. The molecule has 108 valence electrons. The number of nitrogens with zero attached hydrogens (tertiary/aromatic N) is 2. The summed E-state index contributed by atoms with van der Waals surface area (Å²) in [6.45, 7) is 3.03. The molecule has 3 aromatic rings. The van der Waals surface area contributed by atoms with Gasteiger partial charge in [0.05, 0.1) is 11.0 Å². The SMILES string of the molecule is CNCc1ccc(C)cc1Cc1nc2ccccc2n1C. The molecular formula is C18H21N3. The largest absolute Gasteiger partial charge is 0.331 e. The van der Waals surface area contributed by atoms with Crippen molar-refractivity contribution in [1.82, 2.24) is 14.9 Å². The molecule has 0 unspecified atom stereocenters. The number of benzene rings is 2. The first-order valence-electron chi connectivity index (χ1n) is 7.32. The van der Waals surface area contributed by atoms with E-state index in [0.29, 0.717) is 0 Å². The third-order valence-corrected chi connectivity index (χ3v) is 3.96. The van der Waals surface area contributed by atoms with Crippen molar-refractivity contribution in [1.29, 1.82) is 0 Å². The summed E-state index contributed by atoms with van der Waals surface area (Å²) in [4.78, 5) is 4.78. The first-order valence-corrected chi connectivity index (χ1v) is 7.32. The maximum atomic E-state index is 4.78. The lowest BCUT2D eigenvalue weighted by molar-refractivity contribution is 0.792. The highest BCUT2D eigenvalue weighted by atomic mass is 15.1. The number of aromatic nitrogens is 2. The molecule has 3 rings (SSSR count). The zero-order chi connectivity index (χ0) is 14.8. The van der Waals surface area contributed by atoms with Crippen molar-refractivity contribution in [3.63, 3.8) is 0 Å².